The molecule has 0 unspecified atom stereocenters. The van der Waals surface area contributed by atoms with E-state index in [-0.39, 0.29) is 42.1 Å². The summed E-state index contributed by atoms with van der Waals surface area (Å²) >= 11 is 5.63. The van der Waals surface area contributed by atoms with Crippen LogP contribution < -0.4 is 15.4 Å². The average molecular weight is 516 g/mol. The topological polar surface area (TPSA) is 89.5 Å². The number of alkyl halides is 3. The van der Waals surface area contributed by atoms with Crippen LogP contribution in [0.5, 0.6) is 5.75 Å². The Morgan fingerprint density at radius 3 is 2.46 bits per heavy atom. The maximum absolute atomic E-state index is 13.5. The van der Waals surface area contributed by atoms with Gasteiger partial charge in [-0.3, -0.25) is 14.6 Å². The summed E-state index contributed by atoms with van der Waals surface area (Å²) in [6, 6.07) is 6.00. The Balaban J connectivity index is 1.26. The minimum absolute atomic E-state index is 0.0351. The maximum Gasteiger partial charge on any atom is 0.417 e. The molecule has 12 heteroatoms. The molecule has 0 spiro atoms. The number of fused-ring (bicyclic) bond motifs is 3. The van der Waals surface area contributed by atoms with Crippen LogP contribution >= 0.6 is 11.6 Å². The second kappa shape index (κ2) is 9.62. The Bertz CT molecular complexity index is 1090. The minimum atomic E-state index is -4.48. The zero-order valence-corrected chi connectivity index (χ0v) is 19.1. The lowest BCUT2D eigenvalue weighted by Crippen LogP contribution is -2.66. The average Bonchev–Trinajstić information content (AvgIpc) is 2.84. The summed E-state index contributed by atoms with van der Waals surface area (Å²) in [6.07, 6.45) is -2.03. The number of carbonyl (C=O) groups is 2. The number of aromatic nitrogens is 1. The first kappa shape index (κ1) is 25.2. The van der Waals surface area contributed by atoms with Crippen LogP contribution in [0.1, 0.15) is 36.9 Å². The van der Waals surface area contributed by atoms with E-state index < -0.39 is 34.6 Å². The maximum atomic E-state index is 13.5. The number of pyridine rings is 1. The first-order valence-corrected chi connectivity index (χ1v) is 11.2. The number of amides is 2. The van der Waals surface area contributed by atoms with Crippen molar-refractivity contribution in [2.75, 3.05) is 13.2 Å². The summed E-state index contributed by atoms with van der Waals surface area (Å²) in [5.41, 5.74) is -2.27. The summed E-state index contributed by atoms with van der Waals surface area (Å²) in [5.74, 6) is -1.26. The van der Waals surface area contributed by atoms with Crippen LogP contribution in [-0.2, 0) is 27.0 Å². The molecule has 3 fully saturated rings. The number of benzene rings is 1. The van der Waals surface area contributed by atoms with E-state index in [1.807, 2.05) is 0 Å². The molecule has 1 aromatic carbocycles. The van der Waals surface area contributed by atoms with Gasteiger partial charge in [-0.1, -0.05) is 11.6 Å². The molecule has 3 aliphatic rings. The summed E-state index contributed by atoms with van der Waals surface area (Å²) in [6.45, 7) is -0.235. The number of nitrogens with one attached hydrogen (secondary N) is 2. The molecule has 1 aromatic heterocycles. The SMILES string of the molecule is O=C(COc1ccc(Cl)c(F)c1)NC12CCC(C(=O)NCc3ccc(C(F)(F)F)cn3)(CC1)OC2. The van der Waals surface area contributed by atoms with Crippen molar-refractivity contribution in [1.29, 1.82) is 0 Å². The third-order valence-corrected chi connectivity index (χ3v) is 6.61. The van der Waals surface area contributed by atoms with Crippen molar-refractivity contribution >= 4 is 23.4 Å². The van der Waals surface area contributed by atoms with Gasteiger partial charge in [-0.2, -0.15) is 13.2 Å². The van der Waals surface area contributed by atoms with Crippen molar-refractivity contribution in [3.63, 3.8) is 0 Å². The molecule has 2 amide bonds. The van der Waals surface area contributed by atoms with Crippen LogP contribution in [0.4, 0.5) is 17.6 Å². The number of hydrogen-bond acceptors (Lipinski definition) is 5. The van der Waals surface area contributed by atoms with Crippen LogP contribution in [0.25, 0.3) is 0 Å². The molecule has 2 aromatic rings. The molecule has 0 radical (unpaired) electrons. The van der Waals surface area contributed by atoms with Gasteiger partial charge in [0, 0.05) is 12.3 Å². The largest absolute Gasteiger partial charge is 0.484 e. The van der Waals surface area contributed by atoms with Gasteiger partial charge in [0.2, 0.25) is 0 Å². The number of halogens is 5. The monoisotopic (exact) mass is 515 g/mol. The highest BCUT2D eigenvalue weighted by atomic mass is 35.5. The van der Waals surface area contributed by atoms with Gasteiger partial charge in [-0.15, -0.1) is 0 Å². The van der Waals surface area contributed by atoms with Gasteiger partial charge in [0.1, 0.15) is 17.2 Å². The Kier molecular flexibility index (Phi) is 6.92. The van der Waals surface area contributed by atoms with Crippen molar-refractivity contribution < 1.29 is 36.6 Å². The fraction of sp³-hybridized carbons (Fsp3) is 0.435. The summed E-state index contributed by atoms with van der Waals surface area (Å²) in [4.78, 5) is 29.0. The molecule has 2 N–H and O–H groups in total. The van der Waals surface area contributed by atoms with E-state index in [0.717, 1.165) is 18.3 Å². The molecule has 0 atom stereocenters. The lowest BCUT2D eigenvalue weighted by molar-refractivity contribution is -0.182. The predicted molar refractivity (Wildman–Crippen MR) is 116 cm³/mol. The Morgan fingerprint density at radius 1 is 1.14 bits per heavy atom. The molecular formula is C23H22ClF4N3O4. The van der Waals surface area contributed by atoms with E-state index in [2.05, 4.69) is 15.6 Å². The van der Waals surface area contributed by atoms with Crippen LogP contribution in [0.15, 0.2) is 36.5 Å². The third-order valence-electron chi connectivity index (χ3n) is 6.30. The van der Waals surface area contributed by atoms with Crippen LogP contribution in [0.3, 0.4) is 0 Å². The zero-order chi connectivity index (χ0) is 25.3. The molecule has 2 saturated heterocycles. The molecule has 7 nitrogen and oxygen atoms in total. The van der Waals surface area contributed by atoms with Crippen LogP contribution in [0.2, 0.25) is 5.02 Å². The zero-order valence-electron chi connectivity index (χ0n) is 18.4. The van der Waals surface area contributed by atoms with E-state index in [4.69, 9.17) is 21.1 Å². The van der Waals surface area contributed by atoms with Gasteiger partial charge in [-0.25, -0.2) is 4.39 Å². The molecule has 5 rings (SSSR count). The van der Waals surface area contributed by atoms with Gasteiger partial charge in [0.25, 0.3) is 11.8 Å². The number of ether oxygens (including phenoxy) is 2. The summed E-state index contributed by atoms with van der Waals surface area (Å²) < 4.78 is 62.7. The Labute approximate surface area is 203 Å². The van der Waals surface area contributed by atoms with Gasteiger partial charge in [-0.05, 0) is 49.9 Å². The van der Waals surface area contributed by atoms with E-state index in [9.17, 15) is 27.2 Å². The first-order valence-electron chi connectivity index (χ1n) is 10.8. The van der Waals surface area contributed by atoms with Gasteiger partial charge >= 0.3 is 6.18 Å². The van der Waals surface area contributed by atoms with E-state index >= 15 is 0 Å². The first-order chi connectivity index (χ1) is 16.5. The molecule has 188 valence electrons. The molecule has 1 saturated carbocycles. The smallest absolute Gasteiger partial charge is 0.417 e. The number of nitrogens with zero attached hydrogens (tertiary/aromatic N) is 1. The highest BCUT2D eigenvalue weighted by molar-refractivity contribution is 6.30. The van der Waals surface area contributed by atoms with Gasteiger partial charge in [0.05, 0.1) is 35.0 Å². The standard InChI is InChI=1S/C23H22ClF4N3O4/c24-17-4-3-16(9-18(17)25)34-12-19(32)31-21-5-7-22(8-6-21,35-13-21)20(33)30-11-15-2-1-14(10-29-15)23(26,27)28/h1-4,9-10H,5-8,11-13H2,(H,30,33)(H,31,32). The van der Waals surface area contributed by atoms with Crippen molar-refractivity contribution in [3.8, 4) is 5.75 Å². The molecular weight excluding hydrogens is 494 g/mol. The molecule has 2 bridgehead atoms. The predicted octanol–water partition coefficient (Wildman–Crippen LogP) is 3.79. The highest BCUT2D eigenvalue weighted by Crippen LogP contribution is 2.43. The second-order valence-electron chi connectivity index (χ2n) is 8.69. The molecule has 35 heavy (non-hydrogen) atoms. The molecule has 3 heterocycles. The lowest BCUT2D eigenvalue weighted by atomic mass is 9.70. The minimum Gasteiger partial charge on any atom is -0.484 e. The van der Waals surface area contributed by atoms with E-state index in [0.29, 0.717) is 25.7 Å². The normalized spacial score (nSPS) is 23.6. The van der Waals surface area contributed by atoms with Crippen molar-refractivity contribution in [2.45, 2.75) is 49.5 Å². The van der Waals surface area contributed by atoms with Crippen molar-refractivity contribution in [2.24, 2.45) is 0 Å². The Hall–Kier alpha value is -2.92. The van der Waals surface area contributed by atoms with Gasteiger partial charge in [0.15, 0.2) is 6.61 Å². The van der Waals surface area contributed by atoms with Crippen molar-refractivity contribution in [1.82, 2.24) is 15.6 Å². The lowest BCUT2D eigenvalue weighted by Gasteiger charge is -2.52. The van der Waals surface area contributed by atoms with Crippen molar-refractivity contribution in [3.05, 3.63) is 58.6 Å². The van der Waals surface area contributed by atoms with E-state index in [1.165, 1.54) is 18.2 Å². The third kappa shape index (κ3) is 5.67. The fourth-order valence-corrected chi connectivity index (χ4v) is 4.34. The molecule has 2 aliphatic heterocycles. The van der Waals surface area contributed by atoms with Crippen LogP contribution in [-0.4, -0.2) is 41.2 Å². The van der Waals surface area contributed by atoms with E-state index in [1.54, 1.807) is 0 Å². The fourth-order valence-electron chi connectivity index (χ4n) is 4.23. The number of hydrogen-bond donors (Lipinski definition) is 2. The number of carbonyl (C=O) groups excluding carboxylic acids is 2. The summed E-state index contributed by atoms with van der Waals surface area (Å²) in [5, 5.41) is 5.54. The van der Waals surface area contributed by atoms with Gasteiger partial charge < -0.3 is 20.1 Å². The summed E-state index contributed by atoms with van der Waals surface area (Å²) in [7, 11) is 0. The highest BCUT2D eigenvalue weighted by Gasteiger charge is 2.54. The number of rotatable bonds is 7. The van der Waals surface area contributed by atoms with Crippen LogP contribution in [0, 0.1) is 5.82 Å². The molecule has 1 aliphatic carbocycles. The second-order valence-corrected chi connectivity index (χ2v) is 9.10. The quantitative estimate of drug-likeness (QED) is 0.548. The Morgan fingerprint density at radius 2 is 1.89 bits per heavy atom.